The molecule has 0 amide bonds. The lowest BCUT2D eigenvalue weighted by Gasteiger charge is -2.06. The van der Waals surface area contributed by atoms with Crippen LogP contribution < -0.4 is 11.2 Å². The van der Waals surface area contributed by atoms with Crippen LogP contribution in [0.15, 0.2) is 41.3 Å². The first kappa shape index (κ1) is 10.4. The first-order valence-electron chi connectivity index (χ1n) is 4.82. The van der Waals surface area contributed by atoms with Gasteiger partial charge in [-0.1, -0.05) is 30.3 Å². The second-order valence-corrected chi connectivity index (χ2v) is 3.36. The zero-order valence-corrected chi connectivity index (χ0v) is 8.47. The highest BCUT2D eigenvalue weighted by Gasteiger charge is 2.04. The zero-order valence-electron chi connectivity index (χ0n) is 8.47. The third-order valence-corrected chi connectivity index (χ3v) is 2.24. The molecule has 0 atom stereocenters. The molecule has 0 aliphatic heterocycles. The van der Waals surface area contributed by atoms with E-state index in [-0.39, 0.29) is 5.82 Å². The van der Waals surface area contributed by atoms with E-state index >= 15 is 0 Å². The maximum Gasteiger partial charge on any atom is 0.346 e. The fraction of sp³-hybridized carbons (Fsp3) is 0.0909. The standard InChI is InChI=1S/C11H11N3O2/c15-11-12-7-9(10(13-11)14-16)6-8-4-2-1-3-5-8/h1-5,7,16H,6H2,(H2,12,13,14,15). The Labute approximate surface area is 91.8 Å². The van der Waals surface area contributed by atoms with Gasteiger partial charge in [0.1, 0.15) is 5.82 Å². The van der Waals surface area contributed by atoms with Gasteiger partial charge in [-0.15, -0.1) is 0 Å². The first-order chi connectivity index (χ1) is 7.79. The van der Waals surface area contributed by atoms with Crippen LogP contribution in [0.1, 0.15) is 11.1 Å². The van der Waals surface area contributed by atoms with Crippen molar-refractivity contribution >= 4 is 5.82 Å². The number of nitrogens with zero attached hydrogens (tertiary/aromatic N) is 1. The highest BCUT2D eigenvalue weighted by Crippen LogP contribution is 2.13. The molecule has 3 N–H and O–H groups in total. The van der Waals surface area contributed by atoms with Crippen LogP contribution in [-0.2, 0) is 6.42 Å². The van der Waals surface area contributed by atoms with Gasteiger partial charge in [0.25, 0.3) is 0 Å². The number of H-pyrrole nitrogens is 1. The third kappa shape index (κ3) is 2.26. The van der Waals surface area contributed by atoms with Gasteiger partial charge in [0, 0.05) is 18.2 Å². The highest BCUT2D eigenvalue weighted by atomic mass is 16.5. The first-order valence-corrected chi connectivity index (χ1v) is 4.82. The Morgan fingerprint density at radius 3 is 2.75 bits per heavy atom. The van der Waals surface area contributed by atoms with Crippen molar-refractivity contribution in [1.82, 2.24) is 9.97 Å². The van der Waals surface area contributed by atoms with Crippen molar-refractivity contribution in [2.75, 3.05) is 5.48 Å². The second kappa shape index (κ2) is 4.59. The lowest BCUT2D eigenvalue weighted by molar-refractivity contribution is 0.384. The summed E-state index contributed by atoms with van der Waals surface area (Å²) in [4.78, 5) is 17.0. The summed E-state index contributed by atoms with van der Waals surface area (Å²) in [7, 11) is 0. The molecule has 5 nitrogen and oxygen atoms in total. The molecule has 0 saturated heterocycles. The topological polar surface area (TPSA) is 78.0 Å². The maximum absolute atomic E-state index is 10.9. The highest BCUT2D eigenvalue weighted by molar-refractivity contribution is 5.42. The van der Waals surface area contributed by atoms with Crippen LogP contribution >= 0.6 is 0 Å². The predicted molar refractivity (Wildman–Crippen MR) is 59.5 cm³/mol. The lowest BCUT2D eigenvalue weighted by atomic mass is 10.1. The third-order valence-electron chi connectivity index (χ3n) is 2.24. The average molecular weight is 217 g/mol. The summed E-state index contributed by atoms with van der Waals surface area (Å²) >= 11 is 0. The second-order valence-electron chi connectivity index (χ2n) is 3.36. The van der Waals surface area contributed by atoms with E-state index in [1.54, 1.807) is 0 Å². The maximum atomic E-state index is 10.9. The summed E-state index contributed by atoms with van der Waals surface area (Å²) in [5, 5.41) is 8.87. The van der Waals surface area contributed by atoms with Crippen LogP contribution in [0.5, 0.6) is 0 Å². The van der Waals surface area contributed by atoms with Gasteiger partial charge in [0.05, 0.1) is 0 Å². The summed E-state index contributed by atoms with van der Waals surface area (Å²) in [6.07, 6.45) is 2.04. The van der Waals surface area contributed by atoms with E-state index in [9.17, 15) is 4.79 Å². The molecule has 0 radical (unpaired) electrons. The van der Waals surface area contributed by atoms with E-state index < -0.39 is 5.69 Å². The van der Waals surface area contributed by atoms with Crippen molar-refractivity contribution in [1.29, 1.82) is 0 Å². The van der Waals surface area contributed by atoms with Crippen molar-refractivity contribution in [2.24, 2.45) is 0 Å². The Morgan fingerprint density at radius 1 is 1.31 bits per heavy atom. The molecule has 1 aromatic heterocycles. The largest absolute Gasteiger partial charge is 0.346 e. The summed E-state index contributed by atoms with van der Waals surface area (Å²) in [6.45, 7) is 0. The molecule has 0 unspecified atom stereocenters. The molecule has 0 fully saturated rings. The number of aromatic nitrogens is 2. The number of nitrogens with one attached hydrogen (secondary N) is 2. The molecule has 2 aromatic rings. The number of aromatic amines is 1. The number of rotatable bonds is 3. The number of hydrogen-bond donors (Lipinski definition) is 3. The van der Waals surface area contributed by atoms with E-state index in [4.69, 9.17) is 5.21 Å². The van der Waals surface area contributed by atoms with Crippen LogP contribution in [0.4, 0.5) is 5.82 Å². The van der Waals surface area contributed by atoms with Crippen molar-refractivity contribution in [3.05, 3.63) is 58.1 Å². The summed E-state index contributed by atoms with van der Waals surface area (Å²) in [6, 6.07) is 9.72. The van der Waals surface area contributed by atoms with E-state index in [1.165, 1.54) is 6.20 Å². The molecule has 5 heteroatoms. The smallest absolute Gasteiger partial charge is 0.290 e. The molecular formula is C11H11N3O2. The van der Waals surface area contributed by atoms with Gasteiger partial charge < -0.3 is 0 Å². The van der Waals surface area contributed by atoms with Gasteiger partial charge in [-0.25, -0.2) is 9.78 Å². The van der Waals surface area contributed by atoms with Gasteiger partial charge in [-0.2, -0.15) is 0 Å². The van der Waals surface area contributed by atoms with Gasteiger partial charge in [-0.05, 0) is 5.56 Å². The fourth-order valence-electron chi connectivity index (χ4n) is 1.47. The van der Waals surface area contributed by atoms with Gasteiger partial charge in [-0.3, -0.25) is 15.7 Å². The van der Waals surface area contributed by atoms with Gasteiger partial charge >= 0.3 is 5.69 Å². The van der Waals surface area contributed by atoms with Crippen LogP contribution in [0.3, 0.4) is 0 Å². The Balaban J connectivity index is 2.31. The van der Waals surface area contributed by atoms with E-state index in [0.717, 1.165) is 11.1 Å². The normalized spacial score (nSPS) is 10.1. The van der Waals surface area contributed by atoms with Crippen LogP contribution in [0.2, 0.25) is 0 Å². The molecule has 0 aliphatic rings. The number of hydrogen-bond acceptors (Lipinski definition) is 4. The molecule has 2 rings (SSSR count). The number of anilines is 1. The monoisotopic (exact) mass is 217 g/mol. The van der Waals surface area contributed by atoms with Gasteiger partial charge in [0.15, 0.2) is 0 Å². The Morgan fingerprint density at radius 2 is 2.06 bits per heavy atom. The Hall–Kier alpha value is -2.14. The fourth-order valence-corrected chi connectivity index (χ4v) is 1.47. The zero-order chi connectivity index (χ0) is 11.4. The molecule has 0 bridgehead atoms. The number of benzene rings is 1. The SMILES string of the molecule is O=c1ncc(Cc2ccccc2)c(NO)[nH]1. The quantitative estimate of drug-likeness (QED) is 0.674. The molecule has 1 heterocycles. The Kier molecular flexibility index (Phi) is 2.98. The molecule has 0 saturated carbocycles. The van der Waals surface area contributed by atoms with E-state index in [2.05, 4.69) is 9.97 Å². The molecule has 0 aliphatic carbocycles. The lowest BCUT2D eigenvalue weighted by Crippen LogP contribution is -2.14. The average Bonchev–Trinajstić information content (AvgIpc) is 2.33. The molecule has 1 aromatic carbocycles. The van der Waals surface area contributed by atoms with Crippen LogP contribution in [0, 0.1) is 0 Å². The van der Waals surface area contributed by atoms with E-state index in [0.29, 0.717) is 6.42 Å². The molecular weight excluding hydrogens is 206 g/mol. The minimum Gasteiger partial charge on any atom is -0.290 e. The molecule has 0 spiro atoms. The van der Waals surface area contributed by atoms with E-state index in [1.807, 2.05) is 35.8 Å². The van der Waals surface area contributed by atoms with Crippen LogP contribution in [0.25, 0.3) is 0 Å². The Bertz CT molecular complexity index is 522. The molecule has 82 valence electrons. The predicted octanol–water partition coefficient (Wildman–Crippen LogP) is 1.16. The van der Waals surface area contributed by atoms with Gasteiger partial charge in [0.2, 0.25) is 0 Å². The molecule has 16 heavy (non-hydrogen) atoms. The van der Waals surface area contributed by atoms with Crippen molar-refractivity contribution in [3.8, 4) is 0 Å². The van der Waals surface area contributed by atoms with Crippen molar-refractivity contribution in [3.63, 3.8) is 0 Å². The summed E-state index contributed by atoms with van der Waals surface area (Å²) < 4.78 is 0. The minimum atomic E-state index is -0.492. The minimum absolute atomic E-state index is 0.281. The summed E-state index contributed by atoms with van der Waals surface area (Å²) in [5.41, 5.74) is 3.28. The summed E-state index contributed by atoms with van der Waals surface area (Å²) in [5.74, 6) is 0.281. The van der Waals surface area contributed by atoms with Crippen molar-refractivity contribution < 1.29 is 5.21 Å². The van der Waals surface area contributed by atoms with Crippen LogP contribution in [-0.4, -0.2) is 15.2 Å². The van der Waals surface area contributed by atoms with Crippen molar-refractivity contribution in [2.45, 2.75) is 6.42 Å².